The number of hydrogen-bond donors (Lipinski definition) is 2. The predicted octanol–water partition coefficient (Wildman–Crippen LogP) is 3.52. The molecule has 0 aliphatic rings. The minimum atomic E-state index is -4.48. The number of aromatic nitrogens is 2. The topological polar surface area (TPSA) is 67.0 Å². The first-order valence-corrected chi connectivity index (χ1v) is 5.72. The number of benzene rings is 1. The molecule has 0 aliphatic heterocycles. The highest BCUT2D eigenvalue weighted by Crippen LogP contribution is 2.36. The van der Waals surface area contributed by atoms with Crippen LogP contribution in [0.15, 0.2) is 16.6 Å². The zero-order valence-electron chi connectivity index (χ0n) is 9.43. The predicted molar refractivity (Wildman–Crippen MR) is 64.8 cm³/mol. The summed E-state index contributed by atoms with van der Waals surface area (Å²) in [5.74, 6) is 0.00748. The van der Waals surface area contributed by atoms with Crippen molar-refractivity contribution in [1.29, 1.82) is 0 Å². The number of H-pyrrole nitrogens is 1. The Kier molecular flexibility index (Phi) is 3.40. The number of rotatable bonds is 1. The van der Waals surface area contributed by atoms with Crippen LogP contribution in [0.3, 0.4) is 0 Å². The molecule has 0 bridgehead atoms. The van der Waals surface area contributed by atoms with Crippen molar-refractivity contribution < 1.29 is 22.7 Å². The van der Waals surface area contributed by atoms with E-state index < -0.39 is 17.8 Å². The van der Waals surface area contributed by atoms with Gasteiger partial charge in [-0.1, -0.05) is 15.9 Å². The molecule has 1 aromatic carbocycles. The molecule has 0 saturated heterocycles. The van der Waals surface area contributed by atoms with E-state index >= 15 is 0 Å². The van der Waals surface area contributed by atoms with E-state index in [-0.39, 0.29) is 21.5 Å². The fourth-order valence-electron chi connectivity index (χ4n) is 1.46. The highest BCUT2D eigenvalue weighted by Gasteiger charge is 2.33. The molecule has 0 aliphatic carbocycles. The van der Waals surface area contributed by atoms with Crippen LogP contribution in [-0.4, -0.2) is 23.2 Å². The minimum Gasteiger partial charge on any atom is -0.453 e. The van der Waals surface area contributed by atoms with Gasteiger partial charge in [0.2, 0.25) is 5.95 Å². The van der Waals surface area contributed by atoms with Crippen molar-refractivity contribution >= 4 is 39.0 Å². The number of nitrogens with zero attached hydrogens (tertiary/aromatic N) is 1. The maximum absolute atomic E-state index is 12.7. The number of carbonyl (C=O) groups is 1. The summed E-state index contributed by atoms with van der Waals surface area (Å²) in [5.41, 5.74) is -0.388. The smallest absolute Gasteiger partial charge is 0.417 e. The fourth-order valence-corrected chi connectivity index (χ4v) is 2.01. The Morgan fingerprint density at radius 2 is 2.16 bits per heavy atom. The number of ether oxygens (including phenoxy) is 1. The molecule has 0 atom stereocenters. The number of anilines is 1. The first-order valence-electron chi connectivity index (χ1n) is 4.92. The lowest BCUT2D eigenvalue weighted by Crippen LogP contribution is -2.11. The third kappa shape index (κ3) is 2.80. The van der Waals surface area contributed by atoms with Gasteiger partial charge in [-0.2, -0.15) is 13.2 Å². The molecule has 2 aromatic rings. The molecular weight excluding hydrogens is 331 g/mol. The molecule has 1 heterocycles. The van der Waals surface area contributed by atoms with Crippen molar-refractivity contribution in [2.24, 2.45) is 0 Å². The Morgan fingerprint density at radius 3 is 2.74 bits per heavy atom. The molecule has 1 amide bonds. The summed E-state index contributed by atoms with van der Waals surface area (Å²) in [5, 5.41) is 2.23. The molecule has 0 spiro atoms. The summed E-state index contributed by atoms with van der Waals surface area (Å²) in [7, 11) is 1.16. The van der Waals surface area contributed by atoms with Crippen molar-refractivity contribution in [2.45, 2.75) is 6.18 Å². The van der Waals surface area contributed by atoms with Crippen LogP contribution in [-0.2, 0) is 10.9 Å². The maximum Gasteiger partial charge on any atom is 0.417 e. The molecule has 19 heavy (non-hydrogen) atoms. The molecule has 0 saturated carbocycles. The number of methoxy groups -OCH3 is 1. The summed E-state index contributed by atoms with van der Waals surface area (Å²) in [6.07, 6.45) is -5.25. The van der Waals surface area contributed by atoms with E-state index in [0.29, 0.717) is 0 Å². The first kappa shape index (κ1) is 13.7. The van der Waals surface area contributed by atoms with Crippen LogP contribution in [0.2, 0.25) is 0 Å². The maximum atomic E-state index is 12.7. The van der Waals surface area contributed by atoms with Crippen LogP contribution in [0.25, 0.3) is 11.0 Å². The number of fused-ring (bicyclic) bond motifs is 1. The molecule has 2 N–H and O–H groups in total. The van der Waals surface area contributed by atoms with Crippen LogP contribution in [0, 0.1) is 0 Å². The van der Waals surface area contributed by atoms with Gasteiger partial charge in [0.25, 0.3) is 0 Å². The van der Waals surface area contributed by atoms with Gasteiger partial charge in [-0.15, -0.1) is 0 Å². The van der Waals surface area contributed by atoms with Gasteiger partial charge in [-0.05, 0) is 12.1 Å². The van der Waals surface area contributed by atoms with Gasteiger partial charge >= 0.3 is 12.3 Å². The Labute approximate surface area is 113 Å². The SMILES string of the molecule is COC(=O)Nc1nc2cc(Br)c(C(F)(F)F)cc2[nH]1. The number of alkyl halides is 3. The van der Waals surface area contributed by atoms with Gasteiger partial charge in [0.15, 0.2) is 0 Å². The van der Waals surface area contributed by atoms with Crippen LogP contribution in [0.4, 0.5) is 23.9 Å². The van der Waals surface area contributed by atoms with E-state index in [9.17, 15) is 18.0 Å². The second-order valence-corrected chi connectivity index (χ2v) is 4.40. The lowest BCUT2D eigenvalue weighted by atomic mass is 10.2. The Bertz CT molecular complexity index is 639. The second kappa shape index (κ2) is 4.72. The molecule has 5 nitrogen and oxygen atoms in total. The number of nitrogens with one attached hydrogen (secondary N) is 2. The Balaban J connectivity index is 2.46. The Morgan fingerprint density at radius 1 is 1.47 bits per heavy atom. The number of imidazole rings is 1. The number of aromatic amines is 1. The molecular formula is C10H7BrF3N3O2. The third-order valence-electron chi connectivity index (χ3n) is 2.28. The van der Waals surface area contributed by atoms with Crippen molar-refractivity contribution in [3.8, 4) is 0 Å². The van der Waals surface area contributed by atoms with E-state index in [4.69, 9.17) is 0 Å². The normalized spacial score (nSPS) is 11.6. The summed E-state index contributed by atoms with van der Waals surface area (Å²) >= 11 is 2.84. The number of amides is 1. The van der Waals surface area contributed by atoms with E-state index in [1.165, 1.54) is 6.07 Å². The van der Waals surface area contributed by atoms with Crippen LogP contribution in [0.1, 0.15) is 5.56 Å². The van der Waals surface area contributed by atoms with Gasteiger partial charge in [-0.25, -0.2) is 9.78 Å². The van der Waals surface area contributed by atoms with Gasteiger partial charge in [0.05, 0.1) is 23.7 Å². The molecule has 0 unspecified atom stereocenters. The largest absolute Gasteiger partial charge is 0.453 e. The standard InChI is InChI=1S/C10H7BrF3N3O2/c1-19-9(18)17-8-15-6-2-4(10(12,13)14)5(11)3-7(6)16-8/h2-3H,1H3,(H2,15,16,17,18). The van der Waals surface area contributed by atoms with Gasteiger partial charge in [0, 0.05) is 4.47 Å². The lowest BCUT2D eigenvalue weighted by Gasteiger charge is -2.08. The highest BCUT2D eigenvalue weighted by atomic mass is 79.9. The van der Waals surface area contributed by atoms with Crippen molar-refractivity contribution in [1.82, 2.24) is 9.97 Å². The molecule has 0 radical (unpaired) electrons. The van der Waals surface area contributed by atoms with Crippen LogP contribution >= 0.6 is 15.9 Å². The van der Waals surface area contributed by atoms with Crippen LogP contribution < -0.4 is 5.32 Å². The molecule has 0 fully saturated rings. The number of hydrogen-bond acceptors (Lipinski definition) is 3. The van der Waals surface area contributed by atoms with Gasteiger partial charge in [-0.3, -0.25) is 5.32 Å². The summed E-state index contributed by atoms with van der Waals surface area (Å²) < 4.78 is 42.3. The van der Waals surface area contributed by atoms with E-state index in [0.717, 1.165) is 13.2 Å². The quantitative estimate of drug-likeness (QED) is 0.836. The minimum absolute atomic E-state index is 0.00748. The molecule has 1 aromatic heterocycles. The van der Waals surface area contributed by atoms with Gasteiger partial charge in [0.1, 0.15) is 0 Å². The summed E-state index contributed by atoms with van der Waals surface area (Å²) in [6, 6.07) is 2.13. The highest BCUT2D eigenvalue weighted by molar-refractivity contribution is 9.10. The molecule has 9 heteroatoms. The summed E-state index contributed by atoms with van der Waals surface area (Å²) in [4.78, 5) is 17.4. The van der Waals surface area contributed by atoms with Crippen molar-refractivity contribution in [3.05, 3.63) is 22.2 Å². The second-order valence-electron chi connectivity index (χ2n) is 3.55. The Hall–Kier alpha value is -1.77. The average Bonchev–Trinajstić information content (AvgIpc) is 2.67. The van der Waals surface area contributed by atoms with E-state index in [1.807, 2.05) is 0 Å². The van der Waals surface area contributed by atoms with Crippen molar-refractivity contribution in [3.63, 3.8) is 0 Å². The first-order chi connectivity index (χ1) is 8.81. The molecule has 102 valence electrons. The number of carbonyl (C=O) groups excluding carboxylic acids is 1. The monoisotopic (exact) mass is 337 g/mol. The average molecular weight is 338 g/mol. The molecule has 2 rings (SSSR count). The lowest BCUT2D eigenvalue weighted by molar-refractivity contribution is -0.138. The van der Waals surface area contributed by atoms with Crippen LogP contribution in [0.5, 0.6) is 0 Å². The van der Waals surface area contributed by atoms with E-state index in [1.54, 1.807) is 0 Å². The fraction of sp³-hybridized carbons (Fsp3) is 0.200. The zero-order valence-corrected chi connectivity index (χ0v) is 11.0. The van der Waals surface area contributed by atoms with Crippen molar-refractivity contribution in [2.75, 3.05) is 12.4 Å². The number of halogens is 4. The van der Waals surface area contributed by atoms with Gasteiger partial charge < -0.3 is 9.72 Å². The summed E-state index contributed by atoms with van der Waals surface area (Å²) in [6.45, 7) is 0. The van der Waals surface area contributed by atoms with E-state index in [2.05, 4.69) is 36.0 Å². The third-order valence-corrected chi connectivity index (χ3v) is 2.94. The zero-order chi connectivity index (χ0) is 14.2.